The highest BCUT2D eigenvalue weighted by Gasteiger charge is 2.21. The fourth-order valence-electron chi connectivity index (χ4n) is 4.20. The number of methoxy groups -OCH3 is 2. The van der Waals surface area contributed by atoms with Crippen LogP contribution >= 0.6 is 11.6 Å². The van der Waals surface area contributed by atoms with E-state index in [1.807, 2.05) is 13.0 Å². The Kier molecular flexibility index (Phi) is 6.04. The predicted octanol–water partition coefficient (Wildman–Crippen LogP) is 4.33. The van der Waals surface area contributed by atoms with E-state index in [9.17, 15) is 13.2 Å². The number of ether oxygens (including phenoxy) is 2. The van der Waals surface area contributed by atoms with Gasteiger partial charge >= 0.3 is 5.69 Å². The molecule has 2 N–H and O–H groups in total. The van der Waals surface area contributed by atoms with Gasteiger partial charge in [0.15, 0.2) is 5.65 Å². The van der Waals surface area contributed by atoms with E-state index in [1.165, 1.54) is 30.9 Å². The van der Waals surface area contributed by atoms with Gasteiger partial charge in [0.2, 0.25) is 0 Å². The third-order valence-corrected chi connectivity index (χ3v) is 7.66. The molecule has 5 rings (SSSR count). The summed E-state index contributed by atoms with van der Waals surface area (Å²) in [6, 6.07) is 13.1. The molecule has 190 valence electrons. The lowest BCUT2D eigenvalue weighted by Gasteiger charge is -2.15. The van der Waals surface area contributed by atoms with Crippen LogP contribution in [0.2, 0.25) is 5.02 Å². The summed E-state index contributed by atoms with van der Waals surface area (Å²) < 4.78 is 40.4. The van der Waals surface area contributed by atoms with Gasteiger partial charge in [-0.05, 0) is 61.4 Å². The van der Waals surface area contributed by atoms with Crippen molar-refractivity contribution in [3.63, 3.8) is 0 Å². The predicted molar refractivity (Wildman–Crippen MR) is 141 cm³/mol. The fraction of sp³-hybridized carbons (Fsp3) is 0.160. The number of halogens is 1. The maximum Gasteiger partial charge on any atom is 0.348 e. The molecule has 0 aliphatic heterocycles. The molecule has 0 radical (unpaired) electrons. The number of sulfonamides is 1. The molecule has 0 fully saturated rings. The normalized spacial score (nSPS) is 11.7. The van der Waals surface area contributed by atoms with E-state index in [2.05, 4.69) is 19.8 Å². The number of nitrogens with one attached hydrogen (secondary N) is 2. The number of hydrogen-bond acceptors (Lipinski definition) is 7. The Hall–Kier alpha value is -4.09. The Labute approximate surface area is 216 Å². The molecule has 37 heavy (non-hydrogen) atoms. The maximum absolute atomic E-state index is 13.1. The molecule has 0 aliphatic carbocycles. The summed E-state index contributed by atoms with van der Waals surface area (Å²) in [7, 11) is -1.07. The summed E-state index contributed by atoms with van der Waals surface area (Å²) in [4.78, 5) is 19.5. The minimum Gasteiger partial charge on any atom is -0.497 e. The summed E-state index contributed by atoms with van der Waals surface area (Å²) in [6.07, 6.45) is 0. The highest BCUT2D eigenvalue weighted by atomic mass is 35.5. The number of aryl methyl sites for hydroxylation is 2. The van der Waals surface area contributed by atoms with Crippen LogP contribution in [0.25, 0.3) is 27.7 Å². The maximum atomic E-state index is 13.1. The first-order chi connectivity index (χ1) is 17.6. The highest BCUT2D eigenvalue weighted by molar-refractivity contribution is 7.92. The van der Waals surface area contributed by atoms with Crippen LogP contribution in [0.15, 0.2) is 58.2 Å². The van der Waals surface area contributed by atoms with Crippen molar-refractivity contribution < 1.29 is 17.9 Å². The van der Waals surface area contributed by atoms with E-state index < -0.39 is 15.7 Å². The Morgan fingerprint density at radius 2 is 1.78 bits per heavy atom. The number of fused-ring (bicyclic) bond motifs is 3. The molecule has 0 bridgehead atoms. The van der Waals surface area contributed by atoms with Gasteiger partial charge in [0.25, 0.3) is 10.0 Å². The molecule has 5 aromatic rings. The minimum absolute atomic E-state index is 0.0169. The number of H-pyrrole nitrogens is 1. The molecular formula is C25H22ClN5O5S. The van der Waals surface area contributed by atoms with Crippen LogP contribution in [0.1, 0.15) is 11.4 Å². The Morgan fingerprint density at radius 3 is 2.49 bits per heavy atom. The van der Waals surface area contributed by atoms with Gasteiger partial charge in [-0.1, -0.05) is 17.7 Å². The summed E-state index contributed by atoms with van der Waals surface area (Å²) in [5, 5.41) is 5.24. The van der Waals surface area contributed by atoms with Gasteiger partial charge in [0.1, 0.15) is 22.2 Å². The molecule has 0 atom stereocenters. The van der Waals surface area contributed by atoms with Crippen LogP contribution in [0.3, 0.4) is 0 Å². The lowest BCUT2D eigenvalue weighted by molar-refractivity contribution is 0.386. The zero-order valence-corrected chi connectivity index (χ0v) is 21.9. The number of hydrogen-bond donors (Lipinski definition) is 2. The fourth-order valence-corrected chi connectivity index (χ4v) is 5.67. The summed E-state index contributed by atoms with van der Waals surface area (Å²) >= 11 is 6.60. The molecule has 0 saturated heterocycles. The quantitative estimate of drug-likeness (QED) is 0.329. The van der Waals surface area contributed by atoms with Crippen molar-refractivity contribution in [3.8, 4) is 22.6 Å². The van der Waals surface area contributed by atoms with Crippen LogP contribution < -0.4 is 19.9 Å². The Balaban J connectivity index is 1.54. The number of aromatic amines is 1. The monoisotopic (exact) mass is 539 g/mol. The first-order valence-corrected chi connectivity index (χ1v) is 12.9. The first kappa shape index (κ1) is 24.6. The van der Waals surface area contributed by atoms with Gasteiger partial charge in [0.05, 0.1) is 24.8 Å². The van der Waals surface area contributed by atoms with Gasteiger partial charge in [-0.15, -0.1) is 5.10 Å². The molecule has 10 nitrogen and oxygen atoms in total. The zero-order valence-electron chi connectivity index (χ0n) is 20.3. The van der Waals surface area contributed by atoms with Crippen LogP contribution in [0.5, 0.6) is 11.5 Å². The standard InChI is InChI=1S/C25H22ClN5O5S/c1-13-9-15(30-37(33,34)23-8-6-16(35-3)10-22(23)36-4)5-7-17(13)18-11-19-21(12-20(18)26)28-25(32)31-24(19)27-14(2)29-31/h5-12,30H,1-4H3,(H,28,32). The van der Waals surface area contributed by atoms with Crippen molar-refractivity contribution in [2.45, 2.75) is 18.7 Å². The van der Waals surface area contributed by atoms with E-state index in [-0.39, 0.29) is 10.6 Å². The molecular weight excluding hydrogens is 518 g/mol. The molecule has 2 heterocycles. The number of nitrogens with zero attached hydrogens (tertiary/aromatic N) is 3. The first-order valence-electron chi connectivity index (χ1n) is 11.1. The molecule has 0 aliphatic rings. The van der Waals surface area contributed by atoms with Crippen molar-refractivity contribution in [1.82, 2.24) is 19.6 Å². The Morgan fingerprint density at radius 1 is 1.00 bits per heavy atom. The smallest absolute Gasteiger partial charge is 0.348 e. The summed E-state index contributed by atoms with van der Waals surface area (Å²) in [5.41, 5.74) is 3.19. The van der Waals surface area contributed by atoms with E-state index >= 15 is 0 Å². The van der Waals surface area contributed by atoms with Crippen molar-refractivity contribution in [3.05, 3.63) is 75.4 Å². The van der Waals surface area contributed by atoms with Crippen LogP contribution in [0.4, 0.5) is 5.69 Å². The van der Waals surface area contributed by atoms with Gasteiger partial charge in [-0.3, -0.25) is 4.72 Å². The van der Waals surface area contributed by atoms with Crippen molar-refractivity contribution in [1.29, 1.82) is 0 Å². The average molecular weight is 540 g/mol. The van der Waals surface area contributed by atoms with Crippen molar-refractivity contribution in [2.75, 3.05) is 18.9 Å². The average Bonchev–Trinajstić information content (AvgIpc) is 3.26. The van der Waals surface area contributed by atoms with Gasteiger partial charge in [-0.2, -0.15) is 4.52 Å². The topological polar surface area (TPSA) is 128 Å². The number of rotatable bonds is 6. The van der Waals surface area contributed by atoms with E-state index in [0.717, 1.165) is 11.1 Å². The molecule has 0 spiro atoms. The van der Waals surface area contributed by atoms with Crippen molar-refractivity contribution in [2.24, 2.45) is 0 Å². The lowest BCUT2D eigenvalue weighted by atomic mass is 9.98. The molecule has 0 amide bonds. The van der Waals surface area contributed by atoms with Gasteiger partial charge in [-0.25, -0.2) is 18.2 Å². The second-order valence-electron chi connectivity index (χ2n) is 8.35. The lowest BCUT2D eigenvalue weighted by Crippen LogP contribution is -2.17. The van der Waals surface area contributed by atoms with Crippen LogP contribution in [-0.4, -0.2) is 42.2 Å². The molecule has 0 saturated carbocycles. The molecule has 3 aromatic carbocycles. The number of anilines is 1. The SMILES string of the molecule is COc1ccc(S(=O)(=O)Nc2ccc(-c3cc4c(cc3Cl)[nH]c(=O)n3nc(C)nc43)c(C)c2)c(OC)c1. The van der Waals surface area contributed by atoms with Crippen LogP contribution in [-0.2, 0) is 10.0 Å². The largest absolute Gasteiger partial charge is 0.497 e. The highest BCUT2D eigenvalue weighted by Crippen LogP contribution is 2.36. The number of aromatic nitrogens is 4. The van der Waals surface area contributed by atoms with Gasteiger partial charge < -0.3 is 14.5 Å². The third kappa shape index (κ3) is 4.36. The molecule has 12 heteroatoms. The van der Waals surface area contributed by atoms with E-state index in [0.29, 0.717) is 44.4 Å². The number of benzene rings is 3. The Bertz CT molecular complexity index is 1860. The van der Waals surface area contributed by atoms with Gasteiger partial charge in [0, 0.05) is 22.7 Å². The summed E-state index contributed by atoms with van der Waals surface area (Å²) in [6.45, 7) is 3.56. The molecule has 0 unspecified atom stereocenters. The van der Waals surface area contributed by atoms with E-state index in [1.54, 1.807) is 37.3 Å². The second kappa shape index (κ2) is 9.09. The van der Waals surface area contributed by atoms with Crippen molar-refractivity contribution >= 4 is 43.9 Å². The second-order valence-corrected chi connectivity index (χ2v) is 10.4. The van der Waals surface area contributed by atoms with Crippen LogP contribution in [0, 0.1) is 13.8 Å². The van der Waals surface area contributed by atoms with E-state index in [4.69, 9.17) is 21.1 Å². The molecule has 2 aromatic heterocycles. The summed E-state index contributed by atoms with van der Waals surface area (Å²) in [5.74, 6) is 1.11. The third-order valence-electron chi connectivity index (χ3n) is 5.92. The zero-order chi connectivity index (χ0) is 26.5. The minimum atomic E-state index is -3.95.